The smallest absolute Gasteiger partial charge is 0.260 e. The van der Waals surface area contributed by atoms with E-state index < -0.39 is 0 Å². The van der Waals surface area contributed by atoms with Gasteiger partial charge in [0.25, 0.3) is 11.7 Å². The number of carbonyl (C=O) groups excluding carboxylic acids is 1. The number of fused-ring (bicyclic) bond motifs is 1. The average molecular weight is 394 g/mol. The van der Waals surface area contributed by atoms with Crippen LogP contribution in [0, 0.1) is 6.92 Å². The molecule has 0 radical (unpaired) electrons. The quantitative estimate of drug-likeness (QED) is 0.661. The van der Waals surface area contributed by atoms with E-state index >= 15 is 0 Å². The minimum Gasteiger partial charge on any atom is -0.484 e. The van der Waals surface area contributed by atoms with E-state index in [1.807, 2.05) is 40.5 Å². The summed E-state index contributed by atoms with van der Waals surface area (Å²) in [5.41, 5.74) is 2.15. The first-order chi connectivity index (χ1) is 14.0. The van der Waals surface area contributed by atoms with Crippen molar-refractivity contribution in [2.24, 2.45) is 0 Å². The lowest BCUT2D eigenvalue weighted by Gasteiger charge is -2.35. The number of hydrogen-bond acceptors (Lipinski definition) is 6. The SMILES string of the molecule is Cc1ccccc1OCC(=O)N1CCN(c2cc(C(C)C)n3cnnc3n2)CC1. The van der Waals surface area contributed by atoms with Crippen molar-refractivity contribution < 1.29 is 9.53 Å². The molecule has 0 unspecified atom stereocenters. The minimum absolute atomic E-state index is 0.0108. The number of anilines is 1. The third-order valence-corrected chi connectivity index (χ3v) is 5.29. The summed E-state index contributed by atoms with van der Waals surface area (Å²) >= 11 is 0. The molecule has 3 heterocycles. The van der Waals surface area contributed by atoms with Gasteiger partial charge < -0.3 is 14.5 Å². The van der Waals surface area contributed by atoms with E-state index in [1.54, 1.807) is 6.33 Å². The van der Waals surface area contributed by atoms with Gasteiger partial charge in [0.2, 0.25) is 0 Å². The molecule has 4 rings (SSSR count). The minimum atomic E-state index is 0.0108. The van der Waals surface area contributed by atoms with Crippen molar-refractivity contribution in [1.82, 2.24) is 24.5 Å². The van der Waals surface area contributed by atoms with Crippen molar-refractivity contribution in [2.45, 2.75) is 26.7 Å². The average Bonchev–Trinajstić information content (AvgIpc) is 3.21. The molecular formula is C21H26N6O2. The van der Waals surface area contributed by atoms with Crippen LogP contribution in [0.15, 0.2) is 36.7 Å². The van der Waals surface area contributed by atoms with E-state index in [2.05, 4.69) is 40.0 Å². The van der Waals surface area contributed by atoms with Gasteiger partial charge in [-0.15, -0.1) is 10.2 Å². The van der Waals surface area contributed by atoms with Crippen LogP contribution in [0.2, 0.25) is 0 Å². The van der Waals surface area contributed by atoms with E-state index in [1.165, 1.54) is 0 Å². The molecule has 2 aromatic heterocycles. The maximum absolute atomic E-state index is 12.6. The van der Waals surface area contributed by atoms with Gasteiger partial charge in [-0.05, 0) is 24.5 Å². The van der Waals surface area contributed by atoms with Gasteiger partial charge in [0.15, 0.2) is 6.61 Å². The highest BCUT2D eigenvalue weighted by atomic mass is 16.5. The number of rotatable bonds is 5. The van der Waals surface area contributed by atoms with Gasteiger partial charge in [-0.25, -0.2) is 0 Å². The molecule has 1 fully saturated rings. The standard InChI is InChI=1S/C21H26N6O2/c1-15(2)17-12-19(23-21-24-22-14-27(17)21)25-8-10-26(11-9-25)20(28)13-29-18-7-5-4-6-16(18)3/h4-7,12,14-15H,8-11,13H2,1-3H3. The molecule has 0 spiro atoms. The highest BCUT2D eigenvalue weighted by Gasteiger charge is 2.23. The number of aromatic nitrogens is 4. The number of para-hydroxylation sites is 1. The molecule has 1 aromatic carbocycles. The first-order valence-electron chi connectivity index (χ1n) is 9.95. The monoisotopic (exact) mass is 394 g/mol. The summed E-state index contributed by atoms with van der Waals surface area (Å²) in [5, 5.41) is 8.10. The van der Waals surface area contributed by atoms with Crippen LogP contribution in [0.4, 0.5) is 5.82 Å². The van der Waals surface area contributed by atoms with Crippen LogP contribution in [0.25, 0.3) is 5.78 Å². The van der Waals surface area contributed by atoms with Gasteiger partial charge >= 0.3 is 0 Å². The second kappa shape index (κ2) is 8.06. The van der Waals surface area contributed by atoms with Crippen molar-refractivity contribution in [3.8, 4) is 5.75 Å². The molecule has 0 bridgehead atoms. The van der Waals surface area contributed by atoms with Gasteiger partial charge in [-0.1, -0.05) is 32.0 Å². The maximum Gasteiger partial charge on any atom is 0.260 e. The zero-order valence-electron chi connectivity index (χ0n) is 17.1. The van der Waals surface area contributed by atoms with Crippen LogP contribution in [-0.4, -0.2) is 63.2 Å². The third-order valence-electron chi connectivity index (χ3n) is 5.29. The van der Waals surface area contributed by atoms with E-state index in [9.17, 15) is 4.79 Å². The predicted octanol–water partition coefficient (Wildman–Crippen LogP) is 2.28. The van der Waals surface area contributed by atoms with Crippen molar-refractivity contribution in [1.29, 1.82) is 0 Å². The molecule has 8 heteroatoms. The zero-order valence-corrected chi connectivity index (χ0v) is 17.1. The molecule has 1 saturated heterocycles. The largest absolute Gasteiger partial charge is 0.484 e. The summed E-state index contributed by atoms with van der Waals surface area (Å²) in [6.45, 7) is 9.07. The van der Waals surface area contributed by atoms with Gasteiger partial charge in [0.1, 0.15) is 17.9 Å². The normalized spacial score (nSPS) is 14.6. The molecule has 1 aliphatic rings. The summed E-state index contributed by atoms with van der Waals surface area (Å²) in [6.07, 6.45) is 1.70. The summed E-state index contributed by atoms with van der Waals surface area (Å²) in [7, 11) is 0. The number of aryl methyl sites for hydroxylation is 1. The van der Waals surface area contributed by atoms with Crippen molar-refractivity contribution >= 4 is 17.5 Å². The van der Waals surface area contributed by atoms with Gasteiger partial charge in [0, 0.05) is 37.9 Å². The number of piperazine rings is 1. The fourth-order valence-corrected chi connectivity index (χ4v) is 3.56. The zero-order chi connectivity index (χ0) is 20.4. The Morgan fingerprint density at radius 1 is 1.17 bits per heavy atom. The van der Waals surface area contributed by atoms with Gasteiger partial charge in [-0.2, -0.15) is 4.98 Å². The molecule has 0 N–H and O–H groups in total. The Labute approximate surface area is 170 Å². The Morgan fingerprint density at radius 3 is 2.66 bits per heavy atom. The van der Waals surface area contributed by atoms with Crippen LogP contribution >= 0.6 is 0 Å². The van der Waals surface area contributed by atoms with Gasteiger partial charge in [-0.3, -0.25) is 9.20 Å². The van der Waals surface area contributed by atoms with Crippen LogP contribution < -0.4 is 9.64 Å². The number of nitrogens with zero attached hydrogens (tertiary/aromatic N) is 6. The lowest BCUT2D eigenvalue weighted by atomic mass is 10.1. The number of ether oxygens (including phenoxy) is 1. The molecule has 1 amide bonds. The first-order valence-corrected chi connectivity index (χ1v) is 9.95. The Morgan fingerprint density at radius 2 is 1.93 bits per heavy atom. The lowest BCUT2D eigenvalue weighted by molar-refractivity contribution is -0.133. The van der Waals surface area contributed by atoms with E-state index in [0.717, 1.165) is 35.9 Å². The molecule has 1 aliphatic heterocycles. The Kier molecular flexibility index (Phi) is 5.33. The summed E-state index contributed by atoms with van der Waals surface area (Å²) < 4.78 is 7.64. The summed E-state index contributed by atoms with van der Waals surface area (Å²) in [4.78, 5) is 21.3. The summed E-state index contributed by atoms with van der Waals surface area (Å²) in [6, 6.07) is 9.83. The van der Waals surface area contributed by atoms with Crippen molar-refractivity contribution in [2.75, 3.05) is 37.7 Å². The van der Waals surface area contributed by atoms with Crippen molar-refractivity contribution in [3.63, 3.8) is 0 Å². The van der Waals surface area contributed by atoms with Crippen LogP contribution in [-0.2, 0) is 4.79 Å². The third kappa shape index (κ3) is 4.01. The number of benzene rings is 1. The highest BCUT2D eigenvalue weighted by molar-refractivity contribution is 5.78. The van der Waals surface area contributed by atoms with Crippen LogP contribution in [0.3, 0.4) is 0 Å². The molecule has 8 nitrogen and oxygen atoms in total. The van der Waals surface area contributed by atoms with E-state index in [0.29, 0.717) is 24.8 Å². The first kappa shape index (κ1) is 19.2. The number of carbonyl (C=O) groups is 1. The fourth-order valence-electron chi connectivity index (χ4n) is 3.56. The second-order valence-electron chi connectivity index (χ2n) is 7.62. The number of hydrogen-bond donors (Lipinski definition) is 0. The molecule has 0 aliphatic carbocycles. The second-order valence-corrected chi connectivity index (χ2v) is 7.62. The Hall–Kier alpha value is -3.16. The van der Waals surface area contributed by atoms with E-state index in [-0.39, 0.29) is 12.5 Å². The van der Waals surface area contributed by atoms with Crippen LogP contribution in [0.5, 0.6) is 5.75 Å². The molecular weight excluding hydrogens is 368 g/mol. The van der Waals surface area contributed by atoms with Crippen molar-refractivity contribution in [3.05, 3.63) is 47.9 Å². The maximum atomic E-state index is 12.6. The van der Waals surface area contributed by atoms with Gasteiger partial charge in [0.05, 0.1) is 0 Å². The highest BCUT2D eigenvalue weighted by Crippen LogP contribution is 2.22. The predicted molar refractivity (Wildman–Crippen MR) is 110 cm³/mol. The number of amides is 1. The Balaban J connectivity index is 1.38. The topological polar surface area (TPSA) is 75.9 Å². The summed E-state index contributed by atoms with van der Waals surface area (Å²) in [5.74, 6) is 2.59. The van der Waals surface area contributed by atoms with E-state index in [4.69, 9.17) is 4.74 Å². The molecule has 0 saturated carbocycles. The molecule has 29 heavy (non-hydrogen) atoms. The fraction of sp³-hybridized carbons (Fsp3) is 0.429. The van der Waals surface area contributed by atoms with Crippen LogP contribution in [0.1, 0.15) is 31.0 Å². The lowest BCUT2D eigenvalue weighted by Crippen LogP contribution is -2.50. The molecule has 0 atom stereocenters. The molecule has 152 valence electrons. The molecule has 3 aromatic rings. The Bertz CT molecular complexity index is 1010.